The van der Waals surface area contributed by atoms with Crippen molar-refractivity contribution >= 4 is 11.6 Å². The molecule has 0 unspecified atom stereocenters. The molecular formula is C21H24N2O4. The van der Waals surface area contributed by atoms with Crippen molar-refractivity contribution < 1.29 is 19.0 Å². The summed E-state index contributed by atoms with van der Waals surface area (Å²) >= 11 is 0. The highest BCUT2D eigenvalue weighted by Crippen LogP contribution is 2.29. The van der Waals surface area contributed by atoms with Crippen LogP contribution in [-0.4, -0.2) is 25.7 Å². The Hall–Kier alpha value is -3.20. The summed E-state index contributed by atoms with van der Waals surface area (Å²) in [6, 6.07) is 14.3. The number of hydrogen-bond acceptors (Lipinski definition) is 5. The molecule has 0 aliphatic rings. The molecule has 0 bridgehead atoms. The minimum absolute atomic E-state index is 0.249. The molecule has 1 N–H and O–H groups in total. The van der Waals surface area contributed by atoms with Crippen molar-refractivity contribution in [2.45, 2.75) is 26.7 Å². The summed E-state index contributed by atoms with van der Waals surface area (Å²) < 4.78 is 16.7. The first-order chi connectivity index (χ1) is 13.2. The molecule has 0 radical (unpaired) electrons. The van der Waals surface area contributed by atoms with Crippen LogP contribution < -0.4 is 19.5 Å². The van der Waals surface area contributed by atoms with Crippen LogP contribution in [0.1, 0.15) is 37.0 Å². The summed E-state index contributed by atoms with van der Waals surface area (Å²) in [6.07, 6.45) is 1.12. The zero-order chi connectivity index (χ0) is 19.5. The summed E-state index contributed by atoms with van der Waals surface area (Å²) in [7, 11) is 0. The molecule has 2 aromatic carbocycles. The lowest BCUT2D eigenvalue weighted by Crippen LogP contribution is -2.12. The van der Waals surface area contributed by atoms with Crippen molar-refractivity contribution in [1.82, 2.24) is 0 Å². The van der Waals surface area contributed by atoms with Crippen molar-refractivity contribution in [3.8, 4) is 23.3 Å². The zero-order valence-corrected chi connectivity index (χ0v) is 15.7. The van der Waals surface area contributed by atoms with E-state index >= 15 is 0 Å². The molecule has 27 heavy (non-hydrogen) atoms. The van der Waals surface area contributed by atoms with Crippen LogP contribution in [0.5, 0.6) is 17.2 Å². The van der Waals surface area contributed by atoms with E-state index in [0.717, 1.165) is 0 Å². The van der Waals surface area contributed by atoms with Gasteiger partial charge in [0.1, 0.15) is 5.75 Å². The summed E-state index contributed by atoms with van der Waals surface area (Å²) in [4.78, 5) is 12.6. The number of nitrogens with zero attached hydrogens (tertiary/aromatic N) is 1. The van der Waals surface area contributed by atoms with Crippen LogP contribution in [0, 0.1) is 11.3 Å². The summed E-state index contributed by atoms with van der Waals surface area (Å²) in [6.45, 7) is 5.24. The quantitative estimate of drug-likeness (QED) is 0.628. The lowest BCUT2D eigenvalue weighted by atomic mass is 10.1. The van der Waals surface area contributed by atoms with Crippen molar-refractivity contribution in [2.24, 2.45) is 0 Å². The van der Waals surface area contributed by atoms with Crippen molar-refractivity contribution in [3.63, 3.8) is 0 Å². The highest BCUT2D eigenvalue weighted by atomic mass is 16.5. The number of hydrogen-bond donors (Lipinski definition) is 1. The highest BCUT2D eigenvalue weighted by Gasteiger charge is 2.12. The average Bonchev–Trinajstić information content (AvgIpc) is 2.67. The molecular weight excluding hydrogens is 344 g/mol. The number of unbranched alkanes of at least 4 members (excludes halogenated alkanes) is 1. The molecule has 142 valence electrons. The molecule has 0 spiro atoms. The largest absolute Gasteiger partial charge is 0.493 e. The maximum Gasteiger partial charge on any atom is 0.255 e. The molecule has 0 aliphatic carbocycles. The van der Waals surface area contributed by atoms with E-state index in [0.29, 0.717) is 61.2 Å². The van der Waals surface area contributed by atoms with Gasteiger partial charge < -0.3 is 19.5 Å². The number of benzene rings is 2. The second kappa shape index (κ2) is 10.7. The zero-order valence-electron chi connectivity index (χ0n) is 15.7. The number of ether oxygens (including phenoxy) is 3. The first-order valence-electron chi connectivity index (χ1n) is 8.98. The van der Waals surface area contributed by atoms with E-state index in [9.17, 15) is 4.79 Å². The molecule has 2 rings (SSSR count). The average molecular weight is 368 g/mol. The Kier molecular flexibility index (Phi) is 7.98. The number of carbonyl (C=O) groups is 1. The summed E-state index contributed by atoms with van der Waals surface area (Å²) in [5, 5.41) is 11.4. The minimum Gasteiger partial charge on any atom is -0.493 e. The molecule has 0 aliphatic heterocycles. The van der Waals surface area contributed by atoms with Gasteiger partial charge >= 0.3 is 0 Å². The van der Waals surface area contributed by atoms with Crippen LogP contribution in [-0.2, 0) is 0 Å². The Morgan fingerprint density at radius 2 is 1.81 bits per heavy atom. The fourth-order valence-electron chi connectivity index (χ4n) is 2.40. The van der Waals surface area contributed by atoms with Gasteiger partial charge in [0.15, 0.2) is 11.5 Å². The molecule has 1 amide bonds. The number of anilines is 1. The first-order valence-corrected chi connectivity index (χ1v) is 8.98. The predicted molar refractivity (Wildman–Crippen MR) is 104 cm³/mol. The van der Waals surface area contributed by atoms with Gasteiger partial charge in [0.25, 0.3) is 5.91 Å². The van der Waals surface area contributed by atoms with Gasteiger partial charge in [-0.1, -0.05) is 6.07 Å². The van der Waals surface area contributed by atoms with Gasteiger partial charge in [-0.25, -0.2) is 0 Å². The lowest BCUT2D eigenvalue weighted by Gasteiger charge is -2.13. The molecule has 0 fully saturated rings. The number of nitriles is 1. The van der Waals surface area contributed by atoms with E-state index in [-0.39, 0.29) is 5.91 Å². The smallest absolute Gasteiger partial charge is 0.255 e. The van der Waals surface area contributed by atoms with Gasteiger partial charge in [0.05, 0.1) is 25.9 Å². The van der Waals surface area contributed by atoms with E-state index in [1.54, 1.807) is 36.4 Å². The fourth-order valence-corrected chi connectivity index (χ4v) is 2.40. The highest BCUT2D eigenvalue weighted by molar-refractivity contribution is 6.04. The monoisotopic (exact) mass is 368 g/mol. The molecule has 6 nitrogen and oxygen atoms in total. The normalized spacial score (nSPS) is 9.96. The van der Waals surface area contributed by atoms with Crippen molar-refractivity contribution in [2.75, 3.05) is 25.1 Å². The van der Waals surface area contributed by atoms with Gasteiger partial charge in [-0.15, -0.1) is 0 Å². The van der Waals surface area contributed by atoms with Crippen molar-refractivity contribution in [3.05, 3.63) is 48.0 Å². The predicted octanol–water partition coefficient (Wildman–Crippen LogP) is 4.42. The molecule has 0 aromatic heterocycles. The number of amides is 1. The first kappa shape index (κ1) is 20.1. The Morgan fingerprint density at radius 1 is 1.04 bits per heavy atom. The topological polar surface area (TPSA) is 80.6 Å². The number of carbonyl (C=O) groups excluding carboxylic acids is 1. The van der Waals surface area contributed by atoms with Gasteiger partial charge in [-0.2, -0.15) is 5.26 Å². The molecule has 0 heterocycles. The second-order valence-corrected chi connectivity index (χ2v) is 5.62. The van der Waals surface area contributed by atoms with Crippen LogP contribution in [0.2, 0.25) is 0 Å². The minimum atomic E-state index is -0.249. The van der Waals surface area contributed by atoms with Crippen LogP contribution in [0.15, 0.2) is 42.5 Å². The van der Waals surface area contributed by atoms with E-state index in [1.807, 2.05) is 19.9 Å². The van der Waals surface area contributed by atoms with E-state index < -0.39 is 0 Å². The Bertz CT molecular complexity index is 799. The lowest BCUT2D eigenvalue weighted by molar-refractivity contribution is 0.102. The van der Waals surface area contributed by atoms with Gasteiger partial charge in [0, 0.05) is 23.7 Å². The summed E-state index contributed by atoms with van der Waals surface area (Å²) in [5.74, 6) is 1.55. The summed E-state index contributed by atoms with van der Waals surface area (Å²) in [5.41, 5.74) is 1.10. The number of nitrogens with one attached hydrogen (secondary N) is 1. The SMILES string of the molecule is CCOc1ccc(C(=O)Nc2cccc(OCCCC#N)c2)cc1OCC. The van der Waals surface area contributed by atoms with Gasteiger partial charge in [0.2, 0.25) is 0 Å². The molecule has 2 aromatic rings. The third kappa shape index (κ3) is 6.23. The van der Waals surface area contributed by atoms with E-state index in [2.05, 4.69) is 11.4 Å². The van der Waals surface area contributed by atoms with Gasteiger partial charge in [-0.05, 0) is 50.6 Å². The number of rotatable bonds is 10. The maximum atomic E-state index is 12.6. The van der Waals surface area contributed by atoms with Crippen LogP contribution in [0.4, 0.5) is 5.69 Å². The molecule has 0 atom stereocenters. The van der Waals surface area contributed by atoms with Crippen LogP contribution >= 0.6 is 0 Å². The van der Waals surface area contributed by atoms with Crippen LogP contribution in [0.3, 0.4) is 0 Å². The Labute approximate surface area is 159 Å². The fraction of sp³-hybridized carbons (Fsp3) is 0.333. The maximum absolute atomic E-state index is 12.6. The molecule has 0 saturated carbocycles. The van der Waals surface area contributed by atoms with Crippen LogP contribution in [0.25, 0.3) is 0 Å². The standard InChI is InChI=1S/C21H24N2O4/c1-3-25-19-11-10-16(14-20(19)26-4-2)21(24)23-17-8-7-9-18(15-17)27-13-6-5-12-22/h7-11,14-15H,3-6,13H2,1-2H3,(H,23,24). The molecule has 6 heteroatoms. The van der Waals surface area contributed by atoms with E-state index in [4.69, 9.17) is 19.5 Å². The Morgan fingerprint density at radius 3 is 2.56 bits per heavy atom. The molecule has 0 saturated heterocycles. The van der Waals surface area contributed by atoms with Gasteiger partial charge in [-0.3, -0.25) is 4.79 Å². The van der Waals surface area contributed by atoms with Crippen molar-refractivity contribution in [1.29, 1.82) is 5.26 Å². The Balaban J connectivity index is 2.06. The van der Waals surface area contributed by atoms with E-state index in [1.165, 1.54) is 0 Å². The second-order valence-electron chi connectivity index (χ2n) is 5.62. The third-order valence-electron chi connectivity index (χ3n) is 3.60. The third-order valence-corrected chi connectivity index (χ3v) is 3.60.